The average Bonchev–Trinajstić information content (AvgIpc) is 2.36. The number of hydrogen-bond acceptors (Lipinski definition) is 6. The summed E-state index contributed by atoms with van der Waals surface area (Å²) in [6.45, 7) is 3.93. The zero-order valence-corrected chi connectivity index (χ0v) is 11.5. The molecule has 0 aliphatic rings. The number of aromatic nitrogens is 2. The third kappa shape index (κ3) is 2.66. The maximum atomic E-state index is 11.1. The first-order chi connectivity index (χ1) is 9.38. The van der Waals surface area contributed by atoms with Gasteiger partial charge in [0.25, 0.3) is 0 Å². The first kappa shape index (κ1) is 13.7. The number of benzene rings is 1. The van der Waals surface area contributed by atoms with E-state index in [1.807, 2.05) is 32.0 Å². The predicted molar refractivity (Wildman–Crippen MR) is 77.1 cm³/mol. The Morgan fingerprint density at radius 3 is 2.40 bits per heavy atom. The van der Waals surface area contributed by atoms with Gasteiger partial charge >= 0.3 is 5.69 Å². The second kappa shape index (κ2) is 5.12. The molecular formula is C13H15N5O2. The van der Waals surface area contributed by atoms with Crippen molar-refractivity contribution in [1.29, 1.82) is 0 Å². The van der Waals surface area contributed by atoms with Gasteiger partial charge in [0.05, 0.1) is 4.92 Å². The van der Waals surface area contributed by atoms with Crippen LogP contribution in [0.25, 0.3) is 0 Å². The molecule has 2 rings (SSSR count). The molecule has 1 heterocycles. The molecule has 7 heteroatoms. The number of anilines is 3. The summed E-state index contributed by atoms with van der Waals surface area (Å²) >= 11 is 0. The van der Waals surface area contributed by atoms with E-state index in [-0.39, 0.29) is 17.5 Å². The molecule has 0 unspecified atom stereocenters. The summed E-state index contributed by atoms with van der Waals surface area (Å²) in [4.78, 5) is 19.8. The largest absolute Gasteiger partial charge is 0.368 e. The first-order valence-corrected chi connectivity index (χ1v) is 5.97. The van der Waals surface area contributed by atoms with Crippen LogP contribution in [0.2, 0.25) is 0 Å². The van der Waals surface area contributed by atoms with Crippen molar-refractivity contribution in [3.05, 3.63) is 45.6 Å². The van der Waals surface area contributed by atoms with Crippen LogP contribution in [0.5, 0.6) is 0 Å². The molecule has 2 aromatic rings. The Hall–Kier alpha value is -2.70. The summed E-state index contributed by atoms with van der Waals surface area (Å²) in [7, 11) is 1.71. The zero-order valence-electron chi connectivity index (χ0n) is 11.5. The quantitative estimate of drug-likeness (QED) is 0.680. The summed E-state index contributed by atoms with van der Waals surface area (Å²) in [5.74, 6) is 0.175. The molecule has 0 radical (unpaired) electrons. The van der Waals surface area contributed by atoms with E-state index >= 15 is 0 Å². The van der Waals surface area contributed by atoms with E-state index in [2.05, 4.69) is 9.97 Å². The van der Waals surface area contributed by atoms with Crippen molar-refractivity contribution in [1.82, 2.24) is 9.97 Å². The van der Waals surface area contributed by atoms with Crippen LogP contribution in [0, 0.1) is 24.0 Å². The number of rotatable bonds is 3. The molecule has 7 nitrogen and oxygen atoms in total. The highest BCUT2D eigenvalue weighted by Gasteiger charge is 2.21. The van der Waals surface area contributed by atoms with Gasteiger partial charge in [-0.05, 0) is 37.1 Å². The minimum absolute atomic E-state index is 0.00169. The van der Waals surface area contributed by atoms with Crippen LogP contribution >= 0.6 is 0 Å². The van der Waals surface area contributed by atoms with Crippen molar-refractivity contribution in [2.24, 2.45) is 0 Å². The molecule has 0 spiro atoms. The smallest absolute Gasteiger partial charge is 0.330 e. The number of nitrogens with two attached hydrogens (primary N) is 1. The maximum Gasteiger partial charge on any atom is 0.330 e. The molecule has 0 bridgehead atoms. The third-order valence-electron chi connectivity index (χ3n) is 2.88. The molecule has 2 N–H and O–H groups in total. The van der Waals surface area contributed by atoms with E-state index < -0.39 is 4.92 Å². The van der Waals surface area contributed by atoms with Gasteiger partial charge in [0.15, 0.2) is 0 Å². The molecule has 0 saturated carbocycles. The normalized spacial score (nSPS) is 10.3. The second-order valence-corrected chi connectivity index (χ2v) is 4.60. The highest BCUT2D eigenvalue weighted by Crippen LogP contribution is 2.31. The molecule has 0 saturated heterocycles. The van der Waals surface area contributed by atoms with Crippen molar-refractivity contribution in [3.8, 4) is 0 Å². The fraction of sp³-hybridized carbons (Fsp3) is 0.231. The van der Waals surface area contributed by atoms with Gasteiger partial charge in [0.1, 0.15) is 6.20 Å². The average molecular weight is 273 g/mol. The Bertz CT molecular complexity index is 652. The highest BCUT2D eigenvalue weighted by atomic mass is 16.6. The first-order valence-electron chi connectivity index (χ1n) is 5.97. The van der Waals surface area contributed by atoms with Crippen LogP contribution in [0.1, 0.15) is 11.1 Å². The van der Waals surface area contributed by atoms with Crippen LogP contribution in [0.4, 0.5) is 23.1 Å². The molecule has 0 atom stereocenters. The number of nitro groups is 1. The Labute approximate surface area is 116 Å². The fourth-order valence-electron chi connectivity index (χ4n) is 2.02. The van der Waals surface area contributed by atoms with Gasteiger partial charge in [-0.25, -0.2) is 4.98 Å². The van der Waals surface area contributed by atoms with Crippen molar-refractivity contribution in [3.63, 3.8) is 0 Å². The van der Waals surface area contributed by atoms with Crippen LogP contribution < -0.4 is 10.6 Å². The Balaban J connectivity index is 2.54. The van der Waals surface area contributed by atoms with Gasteiger partial charge in [-0.3, -0.25) is 10.1 Å². The molecule has 0 amide bonds. The minimum Gasteiger partial charge on any atom is -0.368 e. The second-order valence-electron chi connectivity index (χ2n) is 4.60. The lowest BCUT2D eigenvalue weighted by Gasteiger charge is -2.19. The van der Waals surface area contributed by atoms with Crippen molar-refractivity contribution >= 4 is 23.1 Å². The number of nitrogens with zero attached hydrogens (tertiary/aromatic N) is 4. The van der Waals surface area contributed by atoms with E-state index in [4.69, 9.17) is 5.73 Å². The van der Waals surface area contributed by atoms with Gasteiger partial charge in [-0.2, -0.15) is 4.98 Å². The Morgan fingerprint density at radius 1 is 1.25 bits per heavy atom. The lowest BCUT2D eigenvalue weighted by molar-refractivity contribution is -0.384. The minimum atomic E-state index is -0.520. The summed E-state index contributed by atoms with van der Waals surface area (Å²) in [6.07, 6.45) is 1.12. The third-order valence-corrected chi connectivity index (χ3v) is 2.88. The molecule has 0 aliphatic heterocycles. The summed E-state index contributed by atoms with van der Waals surface area (Å²) in [5, 5.41) is 11.1. The van der Waals surface area contributed by atoms with Crippen molar-refractivity contribution in [2.45, 2.75) is 13.8 Å². The Morgan fingerprint density at radius 2 is 1.85 bits per heavy atom. The molecule has 0 aliphatic carbocycles. The summed E-state index contributed by atoms with van der Waals surface area (Å²) < 4.78 is 0. The monoisotopic (exact) mass is 273 g/mol. The maximum absolute atomic E-state index is 11.1. The number of aryl methyl sites for hydroxylation is 2. The molecule has 0 fully saturated rings. The highest BCUT2D eigenvalue weighted by molar-refractivity contribution is 5.68. The predicted octanol–water partition coefficient (Wildman–Crippen LogP) is 2.35. The van der Waals surface area contributed by atoms with Crippen LogP contribution in [0.15, 0.2) is 24.4 Å². The summed E-state index contributed by atoms with van der Waals surface area (Å²) in [5.41, 5.74) is 8.29. The molecule has 20 heavy (non-hydrogen) atoms. The molecule has 1 aromatic carbocycles. The molecule has 104 valence electrons. The van der Waals surface area contributed by atoms with E-state index in [0.29, 0.717) is 0 Å². The lowest BCUT2D eigenvalue weighted by Crippen LogP contribution is -2.15. The van der Waals surface area contributed by atoms with Gasteiger partial charge in [-0.15, -0.1) is 0 Å². The van der Waals surface area contributed by atoms with E-state index in [9.17, 15) is 10.1 Å². The van der Waals surface area contributed by atoms with E-state index in [1.165, 1.54) is 0 Å². The Kier molecular flexibility index (Phi) is 3.51. The van der Waals surface area contributed by atoms with Crippen LogP contribution in [-0.4, -0.2) is 21.9 Å². The van der Waals surface area contributed by atoms with Gasteiger partial charge < -0.3 is 10.6 Å². The van der Waals surface area contributed by atoms with Gasteiger partial charge in [-0.1, -0.05) is 6.07 Å². The molecule has 1 aromatic heterocycles. The lowest BCUT2D eigenvalue weighted by atomic mass is 10.1. The van der Waals surface area contributed by atoms with Gasteiger partial charge in [0, 0.05) is 12.7 Å². The summed E-state index contributed by atoms with van der Waals surface area (Å²) in [6, 6.07) is 5.88. The SMILES string of the molecule is Cc1cc(C)cc(N(C)c2nc(N)ncc2[N+](=O)[O-])c1. The topological polar surface area (TPSA) is 98.2 Å². The van der Waals surface area contributed by atoms with Crippen molar-refractivity contribution < 1.29 is 4.92 Å². The standard InChI is InChI=1S/C13H15N5O2/c1-8-4-9(2)6-10(5-8)17(3)12-11(18(19)20)7-15-13(14)16-12/h4-7H,1-3H3,(H2,14,15,16). The fourth-order valence-corrected chi connectivity index (χ4v) is 2.02. The van der Waals surface area contributed by atoms with Crippen LogP contribution in [0.3, 0.4) is 0 Å². The van der Waals surface area contributed by atoms with E-state index in [0.717, 1.165) is 23.0 Å². The number of nitrogen functional groups attached to an aromatic ring is 1. The van der Waals surface area contributed by atoms with Crippen molar-refractivity contribution in [2.75, 3.05) is 17.7 Å². The zero-order chi connectivity index (χ0) is 14.9. The van der Waals surface area contributed by atoms with Crippen LogP contribution in [-0.2, 0) is 0 Å². The van der Waals surface area contributed by atoms with E-state index in [1.54, 1.807) is 11.9 Å². The number of hydrogen-bond donors (Lipinski definition) is 1. The van der Waals surface area contributed by atoms with Gasteiger partial charge in [0.2, 0.25) is 11.8 Å². The molecular weight excluding hydrogens is 258 g/mol.